The summed E-state index contributed by atoms with van der Waals surface area (Å²) in [5.74, 6) is -0.532. The van der Waals surface area contributed by atoms with Crippen LogP contribution in [0.4, 0.5) is 0 Å². The van der Waals surface area contributed by atoms with Gasteiger partial charge < -0.3 is 20.1 Å². The van der Waals surface area contributed by atoms with Gasteiger partial charge in [-0.2, -0.15) is 0 Å². The number of piperazine rings is 1. The first-order valence-electron chi connectivity index (χ1n) is 15.4. The zero-order valence-electron chi connectivity index (χ0n) is 26.3. The summed E-state index contributed by atoms with van der Waals surface area (Å²) in [5, 5.41) is 3.95. The summed E-state index contributed by atoms with van der Waals surface area (Å²) < 4.78 is 0. The monoisotopic (exact) mass is 591 g/mol. The van der Waals surface area contributed by atoms with Crippen LogP contribution in [-0.4, -0.2) is 68.7 Å². The van der Waals surface area contributed by atoms with Crippen LogP contribution in [0.3, 0.4) is 0 Å². The molecule has 0 unspecified atom stereocenters. The standard InChI is InChI=1S/C36H41N5O3/c1-35(2,3)25-14-11-22(12-15-25)24-13-16-29(37-19-24)33(43)40-20-27-18-26(40)21-41(27)34(44)31(36(4,5)6)39-32(42)30-17-23-9-7-8-10-28(23)38-30/h7-17,19,26-27,31,38H,18,20-21H2,1-6H3,(H,39,42)/t26-,27-,31+/m0/s1. The first-order chi connectivity index (χ1) is 20.8. The highest BCUT2D eigenvalue weighted by molar-refractivity contribution is 6.00. The van der Waals surface area contributed by atoms with Crippen molar-refractivity contribution >= 4 is 28.6 Å². The molecule has 8 heteroatoms. The van der Waals surface area contributed by atoms with Crippen LogP contribution in [0.1, 0.15) is 74.5 Å². The lowest BCUT2D eigenvalue weighted by molar-refractivity contribution is -0.138. The predicted molar refractivity (Wildman–Crippen MR) is 172 cm³/mol. The van der Waals surface area contributed by atoms with Crippen LogP contribution in [0.15, 0.2) is 72.9 Å². The van der Waals surface area contributed by atoms with Gasteiger partial charge >= 0.3 is 0 Å². The molecule has 2 aliphatic rings. The number of fused-ring (bicyclic) bond motifs is 3. The van der Waals surface area contributed by atoms with E-state index in [1.807, 2.05) is 60.9 Å². The lowest BCUT2D eigenvalue weighted by atomic mass is 9.85. The fraction of sp³-hybridized carbons (Fsp3) is 0.389. The molecule has 0 aliphatic carbocycles. The van der Waals surface area contributed by atoms with Crippen molar-refractivity contribution in [2.75, 3.05) is 13.1 Å². The predicted octanol–water partition coefficient (Wildman–Crippen LogP) is 5.80. The third-order valence-corrected chi connectivity index (χ3v) is 9.01. The number of rotatable bonds is 5. The van der Waals surface area contributed by atoms with Gasteiger partial charge in [0.25, 0.3) is 11.8 Å². The van der Waals surface area contributed by atoms with Gasteiger partial charge in [-0.3, -0.25) is 19.4 Å². The molecule has 2 saturated heterocycles. The maximum atomic E-state index is 13.9. The second kappa shape index (κ2) is 10.9. The minimum Gasteiger partial charge on any atom is -0.351 e. The van der Waals surface area contributed by atoms with Crippen molar-refractivity contribution in [1.82, 2.24) is 25.1 Å². The Morgan fingerprint density at radius 3 is 2.11 bits per heavy atom. The van der Waals surface area contributed by atoms with Crippen molar-refractivity contribution in [3.63, 3.8) is 0 Å². The van der Waals surface area contributed by atoms with Crippen LogP contribution in [0.25, 0.3) is 22.0 Å². The first-order valence-corrected chi connectivity index (χ1v) is 15.4. The topological polar surface area (TPSA) is 98.4 Å². The molecule has 0 saturated carbocycles. The van der Waals surface area contributed by atoms with E-state index in [4.69, 9.17) is 0 Å². The SMILES string of the molecule is CC(C)(C)c1ccc(-c2ccc(C(=O)N3C[C@@H]4C[C@H]3CN4C(=O)[C@@H](NC(=O)c3cc4ccccc4[nH]3)C(C)(C)C)nc2)cc1. The van der Waals surface area contributed by atoms with Crippen LogP contribution in [0.2, 0.25) is 0 Å². The van der Waals surface area contributed by atoms with Crippen LogP contribution >= 0.6 is 0 Å². The molecular formula is C36H41N5O3. The number of nitrogens with zero attached hydrogens (tertiary/aromatic N) is 3. The van der Waals surface area contributed by atoms with Crippen LogP contribution in [-0.2, 0) is 10.2 Å². The molecular weight excluding hydrogens is 550 g/mol. The van der Waals surface area contributed by atoms with Crippen LogP contribution in [0, 0.1) is 5.41 Å². The number of para-hydroxylation sites is 1. The fourth-order valence-corrected chi connectivity index (χ4v) is 6.41. The zero-order valence-corrected chi connectivity index (χ0v) is 26.3. The van der Waals surface area contributed by atoms with E-state index in [0.717, 1.165) is 28.5 Å². The average molecular weight is 592 g/mol. The van der Waals surface area contributed by atoms with Crippen molar-refractivity contribution in [2.24, 2.45) is 5.41 Å². The molecule has 0 spiro atoms. The Morgan fingerprint density at radius 1 is 0.864 bits per heavy atom. The fourth-order valence-electron chi connectivity index (χ4n) is 6.41. The number of hydrogen-bond acceptors (Lipinski definition) is 4. The normalized spacial score (nSPS) is 19.0. The van der Waals surface area contributed by atoms with Gasteiger partial charge in [-0.1, -0.05) is 90.1 Å². The molecule has 44 heavy (non-hydrogen) atoms. The zero-order chi connectivity index (χ0) is 31.4. The maximum absolute atomic E-state index is 13.9. The largest absolute Gasteiger partial charge is 0.351 e. The molecule has 2 aliphatic heterocycles. The third kappa shape index (κ3) is 5.61. The molecule has 2 N–H and O–H groups in total. The Kier molecular flexibility index (Phi) is 7.34. The van der Waals surface area contributed by atoms with Gasteiger partial charge in [-0.15, -0.1) is 0 Å². The second-order valence-corrected chi connectivity index (χ2v) is 14.3. The number of carbonyl (C=O) groups excluding carboxylic acids is 3. The quantitative estimate of drug-likeness (QED) is 0.307. The van der Waals surface area contributed by atoms with Gasteiger partial charge in [-0.05, 0) is 46.6 Å². The summed E-state index contributed by atoms with van der Waals surface area (Å²) in [7, 11) is 0. The number of carbonyl (C=O) groups is 3. The molecule has 3 amide bonds. The van der Waals surface area contributed by atoms with E-state index in [1.54, 1.807) is 18.3 Å². The van der Waals surface area contributed by atoms with Gasteiger partial charge in [0.05, 0.1) is 12.1 Å². The average Bonchev–Trinajstić information content (AvgIpc) is 3.73. The van der Waals surface area contributed by atoms with Gasteiger partial charge in [0, 0.05) is 35.8 Å². The number of aromatic amines is 1. The summed E-state index contributed by atoms with van der Waals surface area (Å²) in [5.41, 5.74) is 4.57. The summed E-state index contributed by atoms with van der Waals surface area (Å²) in [6, 6.07) is 20.8. The Hall–Kier alpha value is -4.46. The van der Waals surface area contributed by atoms with E-state index in [-0.39, 0.29) is 35.2 Å². The number of benzene rings is 2. The number of amides is 3. The highest BCUT2D eigenvalue weighted by atomic mass is 16.2. The Bertz CT molecular complexity index is 1680. The summed E-state index contributed by atoms with van der Waals surface area (Å²) in [6.45, 7) is 13.4. The molecule has 6 rings (SSSR count). The lowest BCUT2D eigenvalue weighted by Crippen LogP contribution is -2.59. The van der Waals surface area contributed by atoms with Crippen molar-refractivity contribution in [2.45, 2.75) is 71.5 Å². The van der Waals surface area contributed by atoms with E-state index >= 15 is 0 Å². The number of pyridine rings is 1. The van der Waals surface area contributed by atoms with Gasteiger partial charge in [0.15, 0.2) is 0 Å². The van der Waals surface area contributed by atoms with Crippen molar-refractivity contribution in [3.05, 3.63) is 89.9 Å². The Morgan fingerprint density at radius 2 is 1.52 bits per heavy atom. The molecule has 2 bridgehead atoms. The third-order valence-electron chi connectivity index (χ3n) is 9.01. The minimum atomic E-state index is -0.711. The lowest BCUT2D eigenvalue weighted by Gasteiger charge is -2.39. The molecule has 3 atom stereocenters. The van der Waals surface area contributed by atoms with Crippen molar-refractivity contribution in [3.8, 4) is 11.1 Å². The highest BCUT2D eigenvalue weighted by Crippen LogP contribution is 2.34. The number of H-pyrrole nitrogens is 1. The number of likely N-dealkylation sites (tertiary alicyclic amines) is 2. The van der Waals surface area contributed by atoms with E-state index in [0.29, 0.717) is 24.5 Å². The Balaban J connectivity index is 1.11. The number of nitrogens with one attached hydrogen (secondary N) is 2. The van der Waals surface area contributed by atoms with Gasteiger partial charge in [-0.25, -0.2) is 0 Å². The first kappa shape index (κ1) is 29.6. The molecule has 4 heterocycles. The molecule has 0 radical (unpaired) electrons. The van der Waals surface area contributed by atoms with E-state index in [2.05, 4.69) is 60.3 Å². The van der Waals surface area contributed by atoms with Gasteiger partial charge in [0.1, 0.15) is 17.4 Å². The summed E-state index contributed by atoms with van der Waals surface area (Å²) in [6.07, 6.45) is 2.48. The second-order valence-electron chi connectivity index (χ2n) is 14.3. The van der Waals surface area contributed by atoms with E-state index in [1.165, 1.54) is 5.56 Å². The molecule has 4 aromatic rings. The maximum Gasteiger partial charge on any atom is 0.272 e. The smallest absolute Gasteiger partial charge is 0.272 e. The Labute approximate surface area is 258 Å². The summed E-state index contributed by atoms with van der Waals surface area (Å²) >= 11 is 0. The molecule has 2 aromatic heterocycles. The number of aromatic nitrogens is 2. The molecule has 228 valence electrons. The molecule has 2 aromatic carbocycles. The van der Waals surface area contributed by atoms with Crippen LogP contribution in [0.5, 0.6) is 0 Å². The summed E-state index contributed by atoms with van der Waals surface area (Å²) in [4.78, 5) is 52.0. The van der Waals surface area contributed by atoms with Crippen LogP contribution < -0.4 is 5.32 Å². The highest BCUT2D eigenvalue weighted by Gasteiger charge is 2.50. The molecule has 8 nitrogen and oxygen atoms in total. The minimum absolute atomic E-state index is 0.0760. The van der Waals surface area contributed by atoms with E-state index in [9.17, 15) is 14.4 Å². The van der Waals surface area contributed by atoms with Gasteiger partial charge in [0.2, 0.25) is 5.91 Å². The number of hydrogen-bond donors (Lipinski definition) is 2. The molecule has 2 fully saturated rings. The van der Waals surface area contributed by atoms with Crippen molar-refractivity contribution in [1.29, 1.82) is 0 Å². The van der Waals surface area contributed by atoms with E-state index < -0.39 is 11.5 Å². The van der Waals surface area contributed by atoms with Crippen molar-refractivity contribution < 1.29 is 14.4 Å².